The van der Waals surface area contributed by atoms with Gasteiger partial charge in [0.2, 0.25) is 5.91 Å². The smallest absolute Gasteiger partial charge is 0.224 e. The molecule has 3 N–H and O–H groups in total. The molecule has 2 rings (SSSR count). The second-order valence-corrected chi connectivity index (χ2v) is 4.72. The second kappa shape index (κ2) is 4.75. The summed E-state index contributed by atoms with van der Waals surface area (Å²) in [5.74, 6) is 0.372. The van der Waals surface area contributed by atoms with Crippen LogP contribution < -0.4 is 11.1 Å². The van der Waals surface area contributed by atoms with E-state index in [-0.39, 0.29) is 17.7 Å². The summed E-state index contributed by atoms with van der Waals surface area (Å²) in [6.45, 7) is 1.71. The zero-order chi connectivity index (χ0) is 12.4. The van der Waals surface area contributed by atoms with E-state index in [4.69, 9.17) is 5.73 Å². The average Bonchev–Trinajstić information content (AvgIpc) is 2.70. The second-order valence-electron chi connectivity index (χ2n) is 4.72. The molecule has 1 heterocycles. The Labute approximate surface area is 102 Å². The minimum atomic E-state index is 0.0202. The highest BCUT2D eigenvalue weighted by atomic mass is 16.1. The maximum Gasteiger partial charge on any atom is 0.224 e. The Morgan fingerprint density at radius 3 is 2.88 bits per heavy atom. The molecule has 2 atom stereocenters. The predicted octanol–water partition coefficient (Wildman–Crippen LogP) is 0.660. The number of likely N-dealkylation sites (tertiary alicyclic amines) is 1. The fourth-order valence-corrected chi connectivity index (χ4v) is 2.58. The van der Waals surface area contributed by atoms with Gasteiger partial charge in [-0.05, 0) is 24.7 Å². The molecule has 0 aromatic heterocycles. The van der Waals surface area contributed by atoms with E-state index < -0.39 is 0 Å². The molecule has 0 bridgehead atoms. The molecule has 1 amide bonds. The molecule has 4 nitrogen and oxygen atoms in total. The fourth-order valence-electron chi connectivity index (χ4n) is 2.58. The Kier molecular flexibility index (Phi) is 3.33. The number of nitrogens with one attached hydrogen (secondary N) is 1. The molecule has 1 aromatic carbocycles. The first-order chi connectivity index (χ1) is 8.11. The highest BCUT2D eigenvalue weighted by Gasteiger charge is 2.36. The number of rotatable bonds is 2. The van der Waals surface area contributed by atoms with Crippen LogP contribution in [0, 0.1) is 5.92 Å². The molecule has 92 valence electrons. The third kappa shape index (κ3) is 2.42. The van der Waals surface area contributed by atoms with Crippen molar-refractivity contribution in [3.63, 3.8) is 0 Å². The predicted molar refractivity (Wildman–Crippen MR) is 68.6 cm³/mol. The Balaban J connectivity index is 2.26. The number of hydrogen-bond acceptors (Lipinski definition) is 3. The van der Waals surface area contributed by atoms with Crippen LogP contribution in [0.25, 0.3) is 0 Å². The van der Waals surface area contributed by atoms with Gasteiger partial charge in [-0.15, -0.1) is 0 Å². The molecular formula is C13H19N3O. The molecule has 1 fully saturated rings. The van der Waals surface area contributed by atoms with Gasteiger partial charge in [-0.1, -0.05) is 12.1 Å². The Hall–Kier alpha value is -1.55. The lowest BCUT2D eigenvalue weighted by Gasteiger charge is -2.17. The van der Waals surface area contributed by atoms with Crippen molar-refractivity contribution < 1.29 is 4.79 Å². The summed E-state index contributed by atoms with van der Waals surface area (Å²) in [6.07, 6.45) is 0. The molecule has 0 unspecified atom stereocenters. The van der Waals surface area contributed by atoms with Gasteiger partial charge in [0.25, 0.3) is 0 Å². The lowest BCUT2D eigenvalue weighted by molar-refractivity contribution is -0.124. The summed E-state index contributed by atoms with van der Waals surface area (Å²) in [5.41, 5.74) is 7.71. The molecule has 0 saturated carbocycles. The SMILES string of the molecule is CNC(=O)[C@@H]1CN(C)C[C@@H]1c1cccc(N)c1. The first kappa shape index (κ1) is 11.9. The number of nitrogens with zero attached hydrogens (tertiary/aromatic N) is 1. The van der Waals surface area contributed by atoms with Crippen molar-refractivity contribution in [1.82, 2.24) is 10.2 Å². The number of anilines is 1. The van der Waals surface area contributed by atoms with E-state index in [1.807, 2.05) is 25.2 Å². The van der Waals surface area contributed by atoms with Gasteiger partial charge >= 0.3 is 0 Å². The van der Waals surface area contributed by atoms with Gasteiger partial charge in [0, 0.05) is 31.7 Å². The van der Waals surface area contributed by atoms with Crippen LogP contribution in [-0.2, 0) is 4.79 Å². The highest BCUT2D eigenvalue weighted by molar-refractivity contribution is 5.80. The summed E-state index contributed by atoms with van der Waals surface area (Å²) < 4.78 is 0. The molecule has 1 saturated heterocycles. The van der Waals surface area contributed by atoms with Crippen LogP contribution in [0.3, 0.4) is 0 Å². The van der Waals surface area contributed by atoms with Crippen molar-refractivity contribution in [2.75, 3.05) is 32.9 Å². The maximum absolute atomic E-state index is 11.9. The van der Waals surface area contributed by atoms with Gasteiger partial charge in [-0.2, -0.15) is 0 Å². The number of nitrogens with two attached hydrogens (primary N) is 1. The van der Waals surface area contributed by atoms with Gasteiger partial charge in [0.1, 0.15) is 0 Å². The van der Waals surface area contributed by atoms with Crippen LogP contribution in [-0.4, -0.2) is 38.0 Å². The van der Waals surface area contributed by atoms with Crippen molar-refractivity contribution in [2.24, 2.45) is 5.92 Å². The van der Waals surface area contributed by atoms with Crippen molar-refractivity contribution in [3.05, 3.63) is 29.8 Å². The normalized spacial score (nSPS) is 24.8. The average molecular weight is 233 g/mol. The van der Waals surface area contributed by atoms with Crippen molar-refractivity contribution in [1.29, 1.82) is 0 Å². The lowest BCUT2D eigenvalue weighted by Crippen LogP contribution is -2.31. The minimum Gasteiger partial charge on any atom is -0.399 e. The van der Waals surface area contributed by atoms with Gasteiger partial charge in [0.15, 0.2) is 0 Å². The van der Waals surface area contributed by atoms with Gasteiger partial charge in [-0.3, -0.25) is 4.79 Å². The molecule has 0 spiro atoms. The summed E-state index contributed by atoms with van der Waals surface area (Å²) >= 11 is 0. The van der Waals surface area contributed by atoms with Gasteiger partial charge < -0.3 is 16.0 Å². The minimum absolute atomic E-state index is 0.0202. The lowest BCUT2D eigenvalue weighted by atomic mass is 9.88. The monoisotopic (exact) mass is 233 g/mol. The van der Waals surface area contributed by atoms with Crippen LogP contribution in [0.4, 0.5) is 5.69 Å². The molecule has 1 aromatic rings. The first-order valence-electron chi connectivity index (χ1n) is 5.87. The van der Waals surface area contributed by atoms with Crippen LogP contribution >= 0.6 is 0 Å². The number of carbonyl (C=O) groups excluding carboxylic acids is 1. The zero-order valence-corrected chi connectivity index (χ0v) is 10.3. The standard InChI is InChI=1S/C13H19N3O/c1-15-13(17)12-8-16(2)7-11(12)9-4-3-5-10(14)6-9/h3-6,11-12H,7-8,14H2,1-2H3,(H,15,17)/t11-,12-/m1/s1. The van der Waals surface area contributed by atoms with Crippen molar-refractivity contribution >= 4 is 11.6 Å². The quantitative estimate of drug-likeness (QED) is 0.738. The molecule has 1 aliphatic heterocycles. The number of hydrogen-bond donors (Lipinski definition) is 2. The van der Waals surface area contributed by atoms with Crippen LogP contribution in [0.15, 0.2) is 24.3 Å². The van der Waals surface area contributed by atoms with Gasteiger partial charge in [0.05, 0.1) is 5.92 Å². The van der Waals surface area contributed by atoms with Crippen LogP contribution in [0.2, 0.25) is 0 Å². The molecule has 1 aliphatic rings. The number of benzene rings is 1. The Morgan fingerprint density at radius 1 is 1.47 bits per heavy atom. The van der Waals surface area contributed by atoms with E-state index in [1.165, 1.54) is 0 Å². The third-order valence-corrected chi connectivity index (χ3v) is 3.42. The summed E-state index contributed by atoms with van der Waals surface area (Å²) in [5, 5.41) is 2.74. The van der Waals surface area contributed by atoms with E-state index in [1.54, 1.807) is 7.05 Å². The van der Waals surface area contributed by atoms with E-state index in [0.29, 0.717) is 0 Å². The first-order valence-corrected chi connectivity index (χ1v) is 5.87. The Morgan fingerprint density at radius 2 is 2.24 bits per heavy atom. The number of nitrogen functional groups attached to an aromatic ring is 1. The topological polar surface area (TPSA) is 58.4 Å². The highest BCUT2D eigenvalue weighted by Crippen LogP contribution is 2.32. The summed E-state index contributed by atoms with van der Waals surface area (Å²) in [6, 6.07) is 7.84. The van der Waals surface area contributed by atoms with Crippen molar-refractivity contribution in [3.8, 4) is 0 Å². The summed E-state index contributed by atoms with van der Waals surface area (Å²) in [7, 11) is 3.74. The molecule has 17 heavy (non-hydrogen) atoms. The van der Waals surface area contributed by atoms with Crippen LogP contribution in [0.5, 0.6) is 0 Å². The number of amides is 1. The molecule has 0 aliphatic carbocycles. The van der Waals surface area contributed by atoms with E-state index in [0.717, 1.165) is 24.3 Å². The zero-order valence-electron chi connectivity index (χ0n) is 10.3. The van der Waals surface area contributed by atoms with Gasteiger partial charge in [-0.25, -0.2) is 0 Å². The third-order valence-electron chi connectivity index (χ3n) is 3.42. The number of carbonyl (C=O) groups is 1. The molecular weight excluding hydrogens is 214 g/mol. The Bertz CT molecular complexity index is 419. The van der Waals surface area contributed by atoms with Crippen molar-refractivity contribution in [2.45, 2.75) is 5.92 Å². The molecule has 0 radical (unpaired) electrons. The molecule has 4 heteroatoms. The number of likely N-dealkylation sites (N-methyl/N-ethyl adjacent to an activating group) is 1. The maximum atomic E-state index is 11.9. The van der Waals surface area contributed by atoms with E-state index in [9.17, 15) is 4.79 Å². The fraction of sp³-hybridized carbons (Fsp3) is 0.462. The summed E-state index contributed by atoms with van der Waals surface area (Å²) in [4.78, 5) is 14.0. The largest absolute Gasteiger partial charge is 0.399 e. The van der Waals surface area contributed by atoms with E-state index in [2.05, 4.69) is 16.3 Å². The van der Waals surface area contributed by atoms with E-state index >= 15 is 0 Å². The van der Waals surface area contributed by atoms with Crippen LogP contribution in [0.1, 0.15) is 11.5 Å².